The van der Waals surface area contributed by atoms with Gasteiger partial charge in [0.05, 0.1) is 32.5 Å². The standard InChI is InChI=1S/C30H52O25/c1-6-11(32)15(36)21(42)27(50-6)47-5-10-14(35)18(39)23(44)30(54-10)55-25-7(2-31)52-29(24(45)19(25)40)49-4-9-13(34)17(38)22(43)28(53-9)48-3-8-12(33)16(37)20(41)26(46)51-8/h6-46H,2-5H2,1H3/t6-,7+,8+,9+,10+,11+,12+,13+,14+,15+,16-,17-,18-,19+,20+,21-,22+,23+,24+,25+,26+,27+,28+,29+,30+/m0/s1. The predicted octanol–water partition coefficient (Wildman–Crippen LogP) is -10.9. The Kier molecular flexibility index (Phi) is 15.5. The average molecular weight is 813 g/mol. The zero-order valence-electron chi connectivity index (χ0n) is 29.1. The third-order valence-corrected chi connectivity index (χ3v) is 10.2. The molecule has 5 rings (SSSR count). The van der Waals surface area contributed by atoms with Crippen LogP contribution in [0.4, 0.5) is 0 Å². The summed E-state index contributed by atoms with van der Waals surface area (Å²) in [6, 6.07) is 0. The molecule has 55 heavy (non-hydrogen) atoms. The van der Waals surface area contributed by atoms with Crippen molar-refractivity contribution in [2.24, 2.45) is 0 Å². The van der Waals surface area contributed by atoms with Crippen molar-refractivity contribution in [1.82, 2.24) is 0 Å². The number of hydrogen-bond acceptors (Lipinski definition) is 25. The van der Waals surface area contributed by atoms with Gasteiger partial charge < -0.3 is 124 Å². The molecule has 0 aromatic heterocycles. The number of ether oxygens (including phenoxy) is 9. The second-order valence-corrected chi connectivity index (χ2v) is 14.1. The molecule has 5 aliphatic heterocycles. The van der Waals surface area contributed by atoms with Gasteiger partial charge in [-0.05, 0) is 6.92 Å². The summed E-state index contributed by atoms with van der Waals surface area (Å²) in [4.78, 5) is 0. The van der Waals surface area contributed by atoms with Crippen molar-refractivity contribution in [2.45, 2.75) is 160 Å². The van der Waals surface area contributed by atoms with Crippen LogP contribution in [0.15, 0.2) is 0 Å². The number of hydrogen-bond donors (Lipinski definition) is 16. The minimum atomic E-state index is -1.99. The summed E-state index contributed by atoms with van der Waals surface area (Å²) in [5, 5.41) is 164. The lowest BCUT2D eigenvalue weighted by molar-refractivity contribution is -0.369. The fourth-order valence-electron chi connectivity index (χ4n) is 6.66. The molecule has 0 saturated carbocycles. The van der Waals surface area contributed by atoms with E-state index >= 15 is 0 Å². The van der Waals surface area contributed by atoms with Gasteiger partial charge in [-0.3, -0.25) is 0 Å². The summed E-state index contributed by atoms with van der Waals surface area (Å²) in [6.45, 7) is -1.52. The van der Waals surface area contributed by atoms with Gasteiger partial charge in [-0.25, -0.2) is 0 Å². The Labute approximate surface area is 311 Å². The molecule has 25 heteroatoms. The smallest absolute Gasteiger partial charge is 0.187 e. The predicted molar refractivity (Wildman–Crippen MR) is 165 cm³/mol. The van der Waals surface area contributed by atoms with Gasteiger partial charge in [0, 0.05) is 0 Å². The minimum Gasteiger partial charge on any atom is -0.394 e. The quantitative estimate of drug-likeness (QED) is 0.0870. The van der Waals surface area contributed by atoms with Gasteiger partial charge in [-0.15, -0.1) is 0 Å². The van der Waals surface area contributed by atoms with Crippen LogP contribution in [0.3, 0.4) is 0 Å². The van der Waals surface area contributed by atoms with Crippen molar-refractivity contribution in [3.63, 3.8) is 0 Å². The third-order valence-electron chi connectivity index (χ3n) is 10.2. The van der Waals surface area contributed by atoms with E-state index in [1.165, 1.54) is 6.92 Å². The topological polar surface area (TPSA) is 407 Å². The maximum Gasteiger partial charge on any atom is 0.187 e. The number of rotatable bonds is 12. The van der Waals surface area contributed by atoms with Gasteiger partial charge in [0.1, 0.15) is 116 Å². The van der Waals surface area contributed by atoms with E-state index in [1.54, 1.807) is 0 Å². The second kappa shape index (κ2) is 18.9. The Bertz CT molecular complexity index is 1190. The Hall–Kier alpha value is -1.00. The highest BCUT2D eigenvalue weighted by atomic mass is 16.8. The second-order valence-electron chi connectivity index (χ2n) is 14.1. The SMILES string of the molecule is C[C@@H]1O[C@@H](OC[C@H]2O[C@H](O[C@H]3[C@H](O)[C@@H](O)[C@H](OC[C@H]4O[C@@H](OC[C@H]5O[C@@H](O)[C@H](O)[C@@H](O)[C@@H]5O)[C@H](O)[C@@H](O)[C@@H]4O)O[C@@H]3CO)[C@H](O)[C@@H](O)[C@@H]2O)[C@@H](O)[C@H](O)[C@@H]1O. The summed E-state index contributed by atoms with van der Waals surface area (Å²) < 4.78 is 48.8. The van der Waals surface area contributed by atoms with Crippen molar-refractivity contribution in [2.75, 3.05) is 26.4 Å². The van der Waals surface area contributed by atoms with E-state index in [1.807, 2.05) is 0 Å². The molecule has 25 atom stereocenters. The lowest BCUT2D eigenvalue weighted by Gasteiger charge is -2.46. The van der Waals surface area contributed by atoms with Crippen LogP contribution in [0.2, 0.25) is 0 Å². The van der Waals surface area contributed by atoms with Crippen molar-refractivity contribution in [1.29, 1.82) is 0 Å². The zero-order valence-corrected chi connectivity index (χ0v) is 29.1. The van der Waals surface area contributed by atoms with Crippen LogP contribution >= 0.6 is 0 Å². The van der Waals surface area contributed by atoms with Gasteiger partial charge in [0.2, 0.25) is 0 Å². The highest BCUT2D eigenvalue weighted by Crippen LogP contribution is 2.32. The molecule has 16 N–H and O–H groups in total. The van der Waals surface area contributed by atoms with Gasteiger partial charge in [-0.1, -0.05) is 0 Å². The Balaban J connectivity index is 1.16. The fraction of sp³-hybridized carbons (Fsp3) is 1.00. The number of aliphatic hydroxyl groups excluding tert-OH is 16. The molecule has 0 aromatic rings. The van der Waals surface area contributed by atoms with E-state index in [0.717, 1.165) is 0 Å². The summed E-state index contributed by atoms with van der Waals surface area (Å²) in [7, 11) is 0. The normalized spacial score (nSPS) is 53.9. The molecule has 0 bridgehead atoms. The molecule has 0 aromatic carbocycles. The Morgan fingerprint density at radius 3 is 1.22 bits per heavy atom. The summed E-state index contributed by atoms with van der Waals surface area (Å²) in [5.74, 6) is 0. The summed E-state index contributed by atoms with van der Waals surface area (Å²) in [5.41, 5.74) is 0. The van der Waals surface area contributed by atoms with Crippen molar-refractivity contribution in [3.05, 3.63) is 0 Å². The molecular weight excluding hydrogens is 760 g/mol. The molecule has 322 valence electrons. The van der Waals surface area contributed by atoms with Crippen LogP contribution in [-0.4, -0.2) is 262 Å². The molecule has 5 heterocycles. The van der Waals surface area contributed by atoms with Crippen LogP contribution in [0.1, 0.15) is 6.92 Å². The maximum absolute atomic E-state index is 11.0. The van der Waals surface area contributed by atoms with Crippen LogP contribution in [-0.2, 0) is 42.6 Å². The van der Waals surface area contributed by atoms with Crippen LogP contribution in [0.25, 0.3) is 0 Å². The van der Waals surface area contributed by atoms with Crippen molar-refractivity contribution in [3.8, 4) is 0 Å². The lowest BCUT2D eigenvalue weighted by atomic mass is 9.96. The van der Waals surface area contributed by atoms with E-state index < -0.39 is 180 Å². The van der Waals surface area contributed by atoms with Crippen LogP contribution in [0.5, 0.6) is 0 Å². The molecule has 0 radical (unpaired) electrons. The lowest BCUT2D eigenvalue weighted by Crippen LogP contribution is -2.65. The zero-order chi connectivity index (χ0) is 40.6. The van der Waals surface area contributed by atoms with Gasteiger partial charge in [-0.2, -0.15) is 0 Å². The first-order chi connectivity index (χ1) is 25.9. The molecule has 5 fully saturated rings. The van der Waals surface area contributed by atoms with E-state index in [0.29, 0.717) is 0 Å². The van der Waals surface area contributed by atoms with Gasteiger partial charge in [0.25, 0.3) is 0 Å². The molecule has 0 amide bonds. The third kappa shape index (κ3) is 9.57. The van der Waals surface area contributed by atoms with E-state index in [-0.39, 0.29) is 0 Å². The highest BCUT2D eigenvalue weighted by molar-refractivity contribution is 4.96. The van der Waals surface area contributed by atoms with E-state index in [9.17, 15) is 81.7 Å². The molecular formula is C30H52O25. The van der Waals surface area contributed by atoms with E-state index in [4.69, 9.17) is 42.6 Å². The maximum atomic E-state index is 11.0. The Morgan fingerprint density at radius 1 is 0.364 bits per heavy atom. The first kappa shape index (κ1) is 45.1. The minimum absolute atomic E-state index is 0.632. The monoisotopic (exact) mass is 812 g/mol. The molecule has 0 aliphatic carbocycles. The highest BCUT2D eigenvalue weighted by Gasteiger charge is 2.53. The van der Waals surface area contributed by atoms with Crippen molar-refractivity contribution < 1.29 is 124 Å². The summed E-state index contributed by atoms with van der Waals surface area (Å²) >= 11 is 0. The molecule has 0 unspecified atom stereocenters. The largest absolute Gasteiger partial charge is 0.394 e. The first-order valence-electron chi connectivity index (χ1n) is 17.5. The molecule has 0 spiro atoms. The van der Waals surface area contributed by atoms with Gasteiger partial charge >= 0.3 is 0 Å². The fourth-order valence-corrected chi connectivity index (χ4v) is 6.66. The summed E-state index contributed by atoms with van der Waals surface area (Å²) in [6.07, 6.45) is -43.0. The first-order valence-corrected chi connectivity index (χ1v) is 17.5. The average Bonchev–Trinajstić information content (AvgIpc) is 3.16. The van der Waals surface area contributed by atoms with Gasteiger partial charge in [0.15, 0.2) is 31.5 Å². The van der Waals surface area contributed by atoms with Crippen molar-refractivity contribution >= 4 is 0 Å². The molecule has 5 aliphatic rings. The Morgan fingerprint density at radius 2 is 0.727 bits per heavy atom. The molecule has 5 saturated heterocycles. The van der Waals surface area contributed by atoms with E-state index in [2.05, 4.69) is 0 Å². The van der Waals surface area contributed by atoms with Crippen LogP contribution < -0.4 is 0 Å². The number of aliphatic hydroxyl groups is 16. The van der Waals surface area contributed by atoms with Crippen LogP contribution in [0, 0.1) is 0 Å². The molecule has 25 nitrogen and oxygen atoms in total.